The van der Waals surface area contributed by atoms with Gasteiger partial charge in [0.15, 0.2) is 0 Å². The number of hydrogen-bond acceptors (Lipinski definition) is 4. The molecule has 6 nitrogen and oxygen atoms in total. The van der Waals surface area contributed by atoms with Gasteiger partial charge < -0.3 is 19.7 Å². The standard InChI is InChI=1S/C28H34N2O4/c1-5-14-28(15-17-30(18-16-28)26(32)34-27(2,3)4)29-25(31)33-19-24-22-12-8-6-10-20(22)21-11-7-9-13-23(21)24/h5-13,24H,1,14-19H2,2-4H3,(H,29,31). The summed E-state index contributed by atoms with van der Waals surface area (Å²) in [6.07, 6.45) is 2.90. The Morgan fingerprint density at radius 1 is 1.06 bits per heavy atom. The number of fused-ring (bicyclic) bond motifs is 3. The summed E-state index contributed by atoms with van der Waals surface area (Å²) in [5, 5.41) is 3.10. The molecule has 0 aromatic heterocycles. The fourth-order valence-electron chi connectivity index (χ4n) is 4.95. The fraction of sp³-hybridized carbons (Fsp3) is 0.429. The van der Waals surface area contributed by atoms with Gasteiger partial charge in [0.05, 0.1) is 5.54 Å². The van der Waals surface area contributed by atoms with Crippen LogP contribution in [0.4, 0.5) is 9.59 Å². The van der Waals surface area contributed by atoms with Crippen LogP contribution in [0.25, 0.3) is 11.1 Å². The minimum Gasteiger partial charge on any atom is -0.449 e. The van der Waals surface area contributed by atoms with Crippen molar-refractivity contribution < 1.29 is 19.1 Å². The van der Waals surface area contributed by atoms with Gasteiger partial charge in [0.1, 0.15) is 12.2 Å². The summed E-state index contributed by atoms with van der Waals surface area (Å²) in [7, 11) is 0. The maximum Gasteiger partial charge on any atom is 0.410 e. The van der Waals surface area contributed by atoms with Gasteiger partial charge in [0.2, 0.25) is 0 Å². The van der Waals surface area contributed by atoms with Crippen LogP contribution in [0.1, 0.15) is 57.1 Å². The summed E-state index contributed by atoms with van der Waals surface area (Å²) in [6.45, 7) is 10.7. The molecule has 2 aromatic rings. The van der Waals surface area contributed by atoms with Crippen LogP contribution in [0.5, 0.6) is 0 Å². The molecule has 1 N–H and O–H groups in total. The van der Waals surface area contributed by atoms with Crippen molar-refractivity contribution in [1.82, 2.24) is 10.2 Å². The summed E-state index contributed by atoms with van der Waals surface area (Å²) < 4.78 is 11.3. The number of alkyl carbamates (subject to hydrolysis) is 1. The Bertz CT molecular complexity index is 1020. The van der Waals surface area contributed by atoms with E-state index in [1.807, 2.05) is 51.1 Å². The molecule has 0 atom stereocenters. The molecule has 0 radical (unpaired) electrons. The van der Waals surface area contributed by atoms with Gasteiger partial charge in [-0.3, -0.25) is 0 Å². The third-order valence-electron chi connectivity index (χ3n) is 6.62. The monoisotopic (exact) mass is 462 g/mol. The van der Waals surface area contributed by atoms with Crippen molar-refractivity contribution in [2.45, 2.75) is 57.1 Å². The number of nitrogens with one attached hydrogen (secondary N) is 1. The fourth-order valence-corrected chi connectivity index (χ4v) is 4.95. The van der Waals surface area contributed by atoms with E-state index < -0.39 is 17.2 Å². The second-order valence-corrected chi connectivity index (χ2v) is 10.2. The molecule has 0 bridgehead atoms. The first-order valence-corrected chi connectivity index (χ1v) is 11.9. The van der Waals surface area contributed by atoms with Gasteiger partial charge in [-0.15, -0.1) is 6.58 Å². The number of benzene rings is 2. The Kier molecular flexibility index (Phi) is 6.69. The normalized spacial score (nSPS) is 16.9. The number of rotatable bonds is 5. The van der Waals surface area contributed by atoms with E-state index in [-0.39, 0.29) is 18.6 Å². The van der Waals surface area contributed by atoms with Crippen molar-refractivity contribution in [2.75, 3.05) is 19.7 Å². The quantitative estimate of drug-likeness (QED) is 0.564. The molecule has 0 spiro atoms. The molecule has 1 aliphatic heterocycles. The number of likely N-dealkylation sites (tertiary alicyclic amines) is 1. The second kappa shape index (κ2) is 9.53. The van der Waals surface area contributed by atoms with E-state index in [1.54, 1.807) is 4.90 Å². The first-order chi connectivity index (χ1) is 16.2. The van der Waals surface area contributed by atoms with Crippen molar-refractivity contribution in [3.8, 4) is 11.1 Å². The molecule has 1 aliphatic carbocycles. The highest BCUT2D eigenvalue weighted by atomic mass is 16.6. The van der Waals surface area contributed by atoms with Crippen LogP contribution >= 0.6 is 0 Å². The Balaban J connectivity index is 1.38. The molecular weight excluding hydrogens is 428 g/mol. The average molecular weight is 463 g/mol. The summed E-state index contributed by atoms with van der Waals surface area (Å²) in [4.78, 5) is 27.0. The number of hydrogen-bond donors (Lipinski definition) is 1. The lowest BCUT2D eigenvalue weighted by Crippen LogP contribution is -2.56. The molecule has 1 fully saturated rings. The highest BCUT2D eigenvalue weighted by Crippen LogP contribution is 2.44. The molecule has 180 valence electrons. The molecule has 0 saturated carbocycles. The molecule has 34 heavy (non-hydrogen) atoms. The Hall–Kier alpha value is -3.28. The number of nitrogens with zero attached hydrogens (tertiary/aromatic N) is 1. The van der Waals surface area contributed by atoms with Crippen molar-refractivity contribution >= 4 is 12.2 Å². The van der Waals surface area contributed by atoms with E-state index >= 15 is 0 Å². The predicted octanol–water partition coefficient (Wildman–Crippen LogP) is 5.87. The summed E-state index contributed by atoms with van der Waals surface area (Å²) >= 11 is 0. The van der Waals surface area contributed by atoms with Crippen molar-refractivity contribution in [2.24, 2.45) is 0 Å². The highest BCUT2D eigenvalue weighted by molar-refractivity contribution is 5.79. The zero-order valence-electron chi connectivity index (χ0n) is 20.3. The van der Waals surface area contributed by atoms with Crippen LogP contribution in [0, 0.1) is 0 Å². The van der Waals surface area contributed by atoms with E-state index in [9.17, 15) is 9.59 Å². The molecule has 2 aliphatic rings. The summed E-state index contributed by atoms with van der Waals surface area (Å²) in [5.74, 6) is 0.0162. The lowest BCUT2D eigenvalue weighted by Gasteiger charge is -2.41. The Morgan fingerprint density at radius 3 is 2.15 bits per heavy atom. The lowest BCUT2D eigenvalue weighted by atomic mass is 9.84. The zero-order valence-corrected chi connectivity index (χ0v) is 20.3. The number of ether oxygens (including phenoxy) is 2. The maximum absolute atomic E-state index is 12.9. The first-order valence-electron chi connectivity index (χ1n) is 11.9. The Morgan fingerprint density at radius 2 is 1.62 bits per heavy atom. The number of piperidine rings is 1. The minimum absolute atomic E-state index is 0.0162. The van der Waals surface area contributed by atoms with Gasteiger partial charge in [0, 0.05) is 19.0 Å². The van der Waals surface area contributed by atoms with Crippen LogP contribution in [0.3, 0.4) is 0 Å². The molecule has 6 heteroatoms. The Labute approximate surface area is 201 Å². The van der Waals surface area contributed by atoms with E-state index in [0.717, 1.165) is 0 Å². The first kappa shape index (κ1) is 23.9. The van der Waals surface area contributed by atoms with Crippen LogP contribution in [-0.4, -0.2) is 47.9 Å². The van der Waals surface area contributed by atoms with Gasteiger partial charge in [-0.1, -0.05) is 54.6 Å². The van der Waals surface area contributed by atoms with E-state index in [4.69, 9.17) is 9.47 Å². The second-order valence-electron chi connectivity index (χ2n) is 10.2. The minimum atomic E-state index is -0.535. The smallest absolute Gasteiger partial charge is 0.410 e. The van der Waals surface area contributed by atoms with Gasteiger partial charge in [-0.2, -0.15) is 0 Å². The van der Waals surface area contributed by atoms with E-state index in [1.165, 1.54) is 22.3 Å². The van der Waals surface area contributed by atoms with Crippen LogP contribution < -0.4 is 5.32 Å². The molecule has 4 rings (SSSR count). The molecule has 0 unspecified atom stereocenters. The molecular formula is C28H34N2O4. The number of carbonyl (C=O) groups is 2. The molecule has 2 amide bonds. The third-order valence-corrected chi connectivity index (χ3v) is 6.62. The summed E-state index contributed by atoms with van der Waals surface area (Å²) in [5.41, 5.74) is 3.75. The lowest BCUT2D eigenvalue weighted by molar-refractivity contribution is 0.0148. The van der Waals surface area contributed by atoms with Gasteiger partial charge in [-0.25, -0.2) is 9.59 Å². The number of amides is 2. The van der Waals surface area contributed by atoms with Crippen LogP contribution in [-0.2, 0) is 9.47 Å². The van der Waals surface area contributed by atoms with E-state index in [2.05, 4.69) is 36.2 Å². The van der Waals surface area contributed by atoms with Crippen molar-refractivity contribution in [3.63, 3.8) is 0 Å². The van der Waals surface area contributed by atoms with Crippen LogP contribution in [0.2, 0.25) is 0 Å². The molecule has 2 aromatic carbocycles. The van der Waals surface area contributed by atoms with Crippen molar-refractivity contribution in [1.29, 1.82) is 0 Å². The average Bonchev–Trinajstić information content (AvgIpc) is 3.11. The van der Waals surface area contributed by atoms with Crippen LogP contribution in [0.15, 0.2) is 61.2 Å². The predicted molar refractivity (Wildman–Crippen MR) is 133 cm³/mol. The van der Waals surface area contributed by atoms with Crippen molar-refractivity contribution in [3.05, 3.63) is 72.3 Å². The largest absolute Gasteiger partial charge is 0.449 e. The number of carbonyl (C=O) groups excluding carboxylic acids is 2. The highest BCUT2D eigenvalue weighted by Gasteiger charge is 2.38. The van der Waals surface area contributed by atoms with Gasteiger partial charge in [-0.05, 0) is 62.3 Å². The summed E-state index contributed by atoms with van der Waals surface area (Å²) in [6, 6.07) is 16.6. The third kappa shape index (κ3) is 5.11. The van der Waals surface area contributed by atoms with Gasteiger partial charge in [0.25, 0.3) is 0 Å². The molecule has 1 heterocycles. The van der Waals surface area contributed by atoms with Gasteiger partial charge >= 0.3 is 12.2 Å². The topological polar surface area (TPSA) is 67.9 Å². The zero-order chi connectivity index (χ0) is 24.3. The maximum atomic E-state index is 12.9. The molecule has 1 saturated heterocycles. The SMILES string of the molecule is C=CCC1(NC(=O)OCC2c3ccccc3-c3ccccc32)CCN(C(=O)OC(C)(C)C)CC1. The van der Waals surface area contributed by atoms with E-state index in [0.29, 0.717) is 32.4 Å².